The molecule has 0 aliphatic rings. The molecule has 1 rings (SSSR count). The molecule has 0 saturated carbocycles. The average Bonchev–Trinajstić information content (AvgIpc) is 2.15. The molecule has 0 atom stereocenters. The summed E-state index contributed by atoms with van der Waals surface area (Å²) in [6.45, 7) is 0.351. The molecule has 0 aliphatic heterocycles. The highest BCUT2D eigenvalue weighted by Crippen LogP contribution is 2.08. The van der Waals surface area contributed by atoms with Crippen LogP contribution in [-0.2, 0) is 16.0 Å². The highest BCUT2D eigenvalue weighted by atomic mass is 19.1. The molecule has 0 unspecified atom stereocenters. The van der Waals surface area contributed by atoms with Crippen molar-refractivity contribution in [3.05, 3.63) is 35.4 Å². The summed E-state index contributed by atoms with van der Waals surface area (Å²) < 4.78 is 30.5. The minimum atomic E-state index is -0.934. The van der Waals surface area contributed by atoms with Crippen molar-refractivity contribution in [3.8, 4) is 0 Å². The van der Waals surface area contributed by atoms with E-state index in [4.69, 9.17) is 9.84 Å². The summed E-state index contributed by atoms with van der Waals surface area (Å²) in [6, 6.07) is 3.25. The van der Waals surface area contributed by atoms with Crippen molar-refractivity contribution in [1.29, 1.82) is 0 Å². The van der Waals surface area contributed by atoms with Gasteiger partial charge >= 0.3 is 5.97 Å². The molecule has 0 saturated heterocycles. The Bertz CT molecular complexity index is 346. The quantitative estimate of drug-likeness (QED) is 0.760. The van der Waals surface area contributed by atoms with Crippen LogP contribution in [0.25, 0.3) is 0 Å². The topological polar surface area (TPSA) is 46.5 Å². The Labute approximate surface area is 91.7 Å². The lowest BCUT2D eigenvalue weighted by molar-refractivity contribution is -0.138. The van der Waals surface area contributed by atoms with Gasteiger partial charge in [0, 0.05) is 6.07 Å². The van der Waals surface area contributed by atoms with Crippen LogP contribution in [0.2, 0.25) is 0 Å². The van der Waals surface area contributed by atoms with Gasteiger partial charge in [0.25, 0.3) is 0 Å². The van der Waals surface area contributed by atoms with Gasteiger partial charge in [-0.3, -0.25) is 4.79 Å². The van der Waals surface area contributed by atoms with E-state index in [-0.39, 0.29) is 19.6 Å². The van der Waals surface area contributed by atoms with E-state index in [9.17, 15) is 13.6 Å². The van der Waals surface area contributed by atoms with Gasteiger partial charge in [0.05, 0.1) is 19.6 Å². The van der Waals surface area contributed by atoms with Crippen LogP contribution in [0.3, 0.4) is 0 Å². The molecule has 3 nitrogen and oxygen atoms in total. The first-order chi connectivity index (χ1) is 7.58. The van der Waals surface area contributed by atoms with Crippen molar-refractivity contribution < 1.29 is 23.4 Å². The van der Waals surface area contributed by atoms with Crippen molar-refractivity contribution in [1.82, 2.24) is 0 Å². The number of carboxylic acid groups (broad SMARTS) is 1. The van der Waals surface area contributed by atoms with Gasteiger partial charge in [0.1, 0.15) is 11.6 Å². The smallest absolute Gasteiger partial charge is 0.305 e. The molecule has 0 aromatic heterocycles. The summed E-state index contributed by atoms with van der Waals surface area (Å²) in [5, 5.41) is 8.32. The van der Waals surface area contributed by atoms with Crippen molar-refractivity contribution >= 4 is 5.97 Å². The van der Waals surface area contributed by atoms with Crippen molar-refractivity contribution in [2.24, 2.45) is 0 Å². The van der Waals surface area contributed by atoms with E-state index in [2.05, 4.69) is 0 Å². The van der Waals surface area contributed by atoms with Gasteiger partial charge in [-0.05, 0) is 24.1 Å². The fourth-order valence-electron chi connectivity index (χ4n) is 1.21. The van der Waals surface area contributed by atoms with E-state index in [0.29, 0.717) is 12.0 Å². The van der Waals surface area contributed by atoms with Gasteiger partial charge in [-0.2, -0.15) is 0 Å². The predicted molar refractivity (Wildman–Crippen MR) is 53.1 cm³/mol. The summed E-state index contributed by atoms with van der Waals surface area (Å²) in [5.74, 6) is -2.18. The fraction of sp³-hybridized carbons (Fsp3) is 0.364. The Morgan fingerprint density at radius 2 is 1.81 bits per heavy atom. The van der Waals surface area contributed by atoms with Gasteiger partial charge in [-0.15, -0.1) is 0 Å². The summed E-state index contributed by atoms with van der Waals surface area (Å²) in [5.41, 5.74) is 0.493. The normalized spacial score (nSPS) is 10.4. The number of aliphatic carboxylic acids is 1. The third kappa shape index (κ3) is 4.84. The second kappa shape index (κ2) is 6.17. The van der Waals surface area contributed by atoms with Gasteiger partial charge < -0.3 is 9.84 Å². The van der Waals surface area contributed by atoms with Crippen LogP contribution in [-0.4, -0.2) is 24.3 Å². The molecule has 0 bridgehead atoms. The van der Waals surface area contributed by atoms with Crippen molar-refractivity contribution in [2.45, 2.75) is 12.8 Å². The van der Waals surface area contributed by atoms with E-state index < -0.39 is 17.6 Å². The Balaban J connectivity index is 2.29. The van der Waals surface area contributed by atoms with Crippen molar-refractivity contribution in [2.75, 3.05) is 13.2 Å². The fourth-order valence-corrected chi connectivity index (χ4v) is 1.21. The summed E-state index contributed by atoms with van der Waals surface area (Å²) >= 11 is 0. The number of halogens is 2. The van der Waals surface area contributed by atoms with Crippen LogP contribution < -0.4 is 0 Å². The second-order valence-electron chi connectivity index (χ2n) is 3.28. The third-order valence-corrected chi connectivity index (χ3v) is 1.92. The van der Waals surface area contributed by atoms with Gasteiger partial charge in [0.15, 0.2) is 0 Å². The van der Waals surface area contributed by atoms with Crippen LogP contribution in [0, 0.1) is 11.6 Å². The first-order valence-corrected chi connectivity index (χ1v) is 4.82. The maximum atomic E-state index is 12.8. The number of rotatable bonds is 6. The van der Waals surface area contributed by atoms with Crippen LogP contribution in [0.15, 0.2) is 18.2 Å². The Hall–Kier alpha value is -1.49. The lowest BCUT2D eigenvalue weighted by Crippen LogP contribution is -2.05. The van der Waals surface area contributed by atoms with E-state index >= 15 is 0 Å². The number of benzene rings is 1. The molecule has 1 N–H and O–H groups in total. The molecule has 0 heterocycles. The lowest BCUT2D eigenvalue weighted by Gasteiger charge is -2.03. The molecule has 0 amide bonds. The highest BCUT2D eigenvalue weighted by molar-refractivity contribution is 5.66. The Kier molecular flexibility index (Phi) is 4.85. The zero-order valence-corrected chi connectivity index (χ0v) is 8.58. The van der Waals surface area contributed by atoms with E-state index in [1.165, 1.54) is 12.1 Å². The Morgan fingerprint density at radius 3 is 2.38 bits per heavy atom. The number of carboxylic acids is 1. The third-order valence-electron chi connectivity index (χ3n) is 1.92. The standard InChI is InChI=1S/C11H12F2O3/c12-9-5-8(6-10(13)7-9)1-3-16-4-2-11(14)15/h5-7H,1-4H2,(H,14,15). The maximum Gasteiger partial charge on any atom is 0.305 e. The Morgan fingerprint density at radius 1 is 1.19 bits per heavy atom. The van der Waals surface area contributed by atoms with Crippen LogP contribution >= 0.6 is 0 Å². The molecule has 1 aromatic carbocycles. The van der Waals surface area contributed by atoms with Crippen LogP contribution in [0.5, 0.6) is 0 Å². The minimum absolute atomic E-state index is 0.0719. The molecule has 0 fully saturated rings. The zero-order chi connectivity index (χ0) is 12.0. The maximum absolute atomic E-state index is 12.8. The number of ether oxygens (including phenoxy) is 1. The molecule has 0 radical (unpaired) electrons. The van der Waals surface area contributed by atoms with Crippen LogP contribution in [0.1, 0.15) is 12.0 Å². The first-order valence-electron chi connectivity index (χ1n) is 4.82. The molecule has 1 aromatic rings. The largest absolute Gasteiger partial charge is 0.481 e. The summed E-state index contributed by atoms with van der Waals surface area (Å²) in [7, 11) is 0. The highest BCUT2D eigenvalue weighted by Gasteiger charge is 2.01. The number of hydrogen-bond acceptors (Lipinski definition) is 2. The predicted octanol–water partition coefficient (Wildman–Crippen LogP) is 2.00. The van der Waals surface area contributed by atoms with E-state index in [1.807, 2.05) is 0 Å². The average molecular weight is 230 g/mol. The number of carbonyl (C=O) groups is 1. The van der Waals surface area contributed by atoms with Crippen molar-refractivity contribution in [3.63, 3.8) is 0 Å². The summed E-state index contributed by atoms with van der Waals surface area (Å²) in [6.07, 6.45) is 0.284. The van der Waals surface area contributed by atoms with Crippen LogP contribution in [0.4, 0.5) is 8.78 Å². The van der Waals surface area contributed by atoms with Gasteiger partial charge in [-0.1, -0.05) is 0 Å². The molecule has 5 heteroatoms. The molecule has 16 heavy (non-hydrogen) atoms. The van der Waals surface area contributed by atoms with Gasteiger partial charge in [-0.25, -0.2) is 8.78 Å². The monoisotopic (exact) mass is 230 g/mol. The molecule has 0 aliphatic carbocycles. The SMILES string of the molecule is O=C(O)CCOCCc1cc(F)cc(F)c1. The number of hydrogen-bond donors (Lipinski definition) is 1. The van der Waals surface area contributed by atoms with Gasteiger partial charge in [0.2, 0.25) is 0 Å². The zero-order valence-electron chi connectivity index (χ0n) is 8.58. The molecule has 0 spiro atoms. The first kappa shape index (κ1) is 12.6. The van der Waals surface area contributed by atoms with E-state index in [0.717, 1.165) is 6.07 Å². The molecular weight excluding hydrogens is 218 g/mol. The lowest BCUT2D eigenvalue weighted by atomic mass is 10.1. The minimum Gasteiger partial charge on any atom is -0.481 e. The second-order valence-corrected chi connectivity index (χ2v) is 3.28. The molecular formula is C11H12F2O3. The summed E-state index contributed by atoms with van der Waals surface area (Å²) in [4.78, 5) is 10.1. The van der Waals surface area contributed by atoms with E-state index in [1.54, 1.807) is 0 Å². The molecule has 88 valence electrons.